The number of hydrogen-bond donors (Lipinski definition) is 0. The Hall–Kier alpha value is -3.33. The van der Waals surface area contributed by atoms with Crippen molar-refractivity contribution in [1.29, 1.82) is 5.26 Å². The maximum Gasteiger partial charge on any atom is 0.277 e. The van der Waals surface area contributed by atoms with Crippen molar-refractivity contribution in [3.8, 4) is 17.6 Å². The Morgan fingerprint density at radius 2 is 1.91 bits per heavy atom. The Morgan fingerprint density at radius 3 is 2.52 bits per heavy atom. The lowest BCUT2D eigenvalue weighted by molar-refractivity contribution is -0.385. The maximum atomic E-state index is 11.1. The summed E-state index contributed by atoms with van der Waals surface area (Å²) in [6, 6.07) is 13.3. The molecule has 0 bridgehead atoms. The molecule has 0 aliphatic rings. The van der Waals surface area contributed by atoms with E-state index in [1.807, 2.05) is 6.07 Å². The van der Waals surface area contributed by atoms with E-state index in [-0.39, 0.29) is 16.8 Å². The number of benzene rings is 2. The van der Waals surface area contributed by atoms with Crippen molar-refractivity contribution < 1.29 is 14.4 Å². The van der Waals surface area contributed by atoms with E-state index in [0.717, 1.165) is 0 Å². The predicted molar refractivity (Wildman–Crippen MR) is 86.1 cm³/mol. The minimum Gasteiger partial charge on any atom is -0.493 e. The first-order valence-corrected chi connectivity index (χ1v) is 6.69. The molecule has 0 aliphatic carbocycles. The molecule has 0 radical (unpaired) electrons. The summed E-state index contributed by atoms with van der Waals surface area (Å²) in [6.07, 6.45) is 1.55. The number of nitrogens with zero attached hydrogens (tertiary/aromatic N) is 2. The van der Waals surface area contributed by atoms with E-state index < -0.39 is 4.92 Å². The van der Waals surface area contributed by atoms with Crippen LogP contribution in [0.1, 0.15) is 11.1 Å². The van der Waals surface area contributed by atoms with Gasteiger partial charge in [0.2, 0.25) is 0 Å². The molecule has 0 amide bonds. The zero-order valence-corrected chi connectivity index (χ0v) is 12.6. The summed E-state index contributed by atoms with van der Waals surface area (Å²) in [5, 5.41) is 20.6. The zero-order chi connectivity index (χ0) is 16.8. The lowest BCUT2D eigenvalue weighted by Gasteiger charge is -2.10. The van der Waals surface area contributed by atoms with Crippen molar-refractivity contribution in [1.82, 2.24) is 0 Å². The Kier molecular flexibility index (Phi) is 4.95. The molecule has 0 spiro atoms. The fourth-order valence-electron chi connectivity index (χ4n) is 2.21. The van der Waals surface area contributed by atoms with Gasteiger partial charge < -0.3 is 9.47 Å². The minimum atomic E-state index is -0.511. The van der Waals surface area contributed by atoms with Crippen LogP contribution >= 0.6 is 0 Å². The van der Waals surface area contributed by atoms with E-state index >= 15 is 0 Å². The molecule has 0 heterocycles. The minimum absolute atomic E-state index is 0.123. The average molecular weight is 310 g/mol. The summed E-state index contributed by atoms with van der Waals surface area (Å²) in [5.74, 6) is 0.974. The van der Waals surface area contributed by atoms with Gasteiger partial charge in [0, 0.05) is 11.6 Å². The molecule has 2 aromatic carbocycles. The summed E-state index contributed by atoms with van der Waals surface area (Å²) < 4.78 is 10.5. The second-order valence-corrected chi connectivity index (χ2v) is 4.53. The number of ether oxygens (including phenoxy) is 2. The van der Waals surface area contributed by atoms with E-state index in [1.165, 1.54) is 20.3 Å². The van der Waals surface area contributed by atoms with Crippen LogP contribution in [-0.2, 0) is 0 Å². The fraction of sp³-hybridized carbons (Fsp3) is 0.118. The molecular weight excluding hydrogens is 296 g/mol. The molecule has 0 N–H and O–H groups in total. The molecule has 0 fully saturated rings. The molecule has 6 heteroatoms. The Bertz CT molecular complexity index is 806. The molecule has 0 unspecified atom stereocenters. The van der Waals surface area contributed by atoms with Gasteiger partial charge in [-0.2, -0.15) is 5.26 Å². The maximum absolute atomic E-state index is 11.1. The van der Waals surface area contributed by atoms with Gasteiger partial charge in [-0.15, -0.1) is 0 Å². The van der Waals surface area contributed by atoms with E-state index in [0.29, 0.717) is 17.1 Å². The molecule has 0 aliphatic heterocycles. The summed E-state index contributed by atoms with van der Waals surface area (Å²) in [6.45, 7) is 0. The number of hydrogen-bond acceptors (Lipinski definition) is 5. The molecule has 116 valence electrons. The van der Waals surface area contributed by atoms with Gasteiger partial charge in [0.1, 0.15) is 6.07 Å². The van der Waals surface area contributed by atoms with Gasteiger partial charge in [0.05, 0.1) is 30.3 Å². The van der Waals surface area contributed by atoms with Crippen LogP contribution in [0.5, 0.6) is 11.5 Å². The van der Waals surface area contributed by atoms with Crippen molar-refractivity contribution in [2.45, 2.75) is 0 Å². The molecule has 2 rings (SSSR count). The first-order valence-electron chi connectivity index (χ1n) is 6.69. The third-order valence-electron chi connectivity index (χ3n) is 3.24. The highest BCUT2D eigenvalue weighted by Crippen LogP contribution is 2.34. The molecule has 0 aromatic heterocycles. The Labute approximate surface area is 133 Å². The van der Waals surface area contributed by atoms with Gasteiger partial charge >= 0.3 is 0 Å². The smallest absolute Gasteiger partial charge is 0.277 e. The van der Waals surface area contributed by atoms with Crippen molar-refractivity contribution >= 4 is 17.3 Å². The van der Waals surface area contributed by atoms with Crippen LogP contribution in [0.15, 0.2) is 42.5 Å². The van der Waals surface area contributed by atoms with Crippen molar-refractivity contribution in [2.24, 2.45) is 0 Å². The van der Waals surface area contributed by atoms with E-state index in [4.69, 9.17) is 9.47 Å². The quantitative estimate of drug-likeness (QED) is 0.364. The summed E-state index contributed by atoms with van der Waals surface area (Å²) in [5.41, 5.74) is 0.900. The second-order valence-electron chi connectivity index (χ2n) is 4.53. The van der Waals surface area contributed by atoms with E-state index in [9.17, 15) is 15.4 Å². The predicted octanol–water partition coefficient (Wildman–Crippen LogP) is 3.68. The lowest BCUT2D eigenvalue weighted by atomic mass is 10.0. The van der Waals surface area contributed by atoms with E-state index in [1.54, 1.807) is 42.5 Å². The number of rotatable bonds is 5. The first-order chi connectivity index (χ1) is 11.1. The topological polar surface area (TPSA) is 85.4 Å². The molecule has 23 heavy (non-hydrogen) atoms. The zero-order valence-electron chi connectivity index (χ0n) is 12.6. The lowest BCUT2D eigenvalue weighted by Crippen LogP contribution is -1.95. The van der Waals surface area contributed by atoms with Gasteiger partial charge in [-0.05, 0) is 18.2 Å². The molecule has 0 saturated heterocycles. The van der Waals surface area contributed by atoms with Crippen LogP contribution in [0.4, 0.5) is 5.69 Å². The second kappa shape index (κ2) is 7.09. The summed E-state index contributed by atoms with van der Waals surface area (Å²) >= 11 is 0. The number of nitriles is 1. The summed E-state index contributed by atoms with van der Waals surface area (Å²) in [4.78, 5) is 10.6. The van der Waals surface area contributed by atoms with Crippen molar-refractivity contribution in [2.75, 3.05) is 14.2 Å². The third kappa shape index (κ3) is 3.30. The van der Waals surface area contributed by atoms with Gasteiger partial charge in [-0.3, -0.25) is 10.1 Å². The highest BCUT2D eigenvalue weighted by atomic mass is 16.6. The molecular formula is C17H14N2O4. The van der Waals surface area contributed by atoms with Crippen molar-refractivity contribution in [3.63, 3.8) is 0 Å². The fourth-order valence-corrected chi connectivity index (χ4v) is 2.21. The third-order valence-corrected chi connectivity index (χ3v) is 3.24. The van der Waals surface area contributed by atoms with Gasteiger partial charge in [0.25, 0.3) is 5.69 Å². The molecule has 0 atom stereocenters. The standard InChI is InChI=1S/C17H14N2O4/c1-22-16-9-5-6-12(17(16)23-2)10-13(11-18)14-7-3-4-8-15(14)19(20)21/h3-10H,1-2H3/b13-10-. The number of para-hydroxylation sites is 2. The van der Waals surface area contributed by atoms with Crippen molar-refractivity contribution in [3.05, 3.63) is 63.7 Å². The number of nitro benzene ring substituents is 1. The summed E-state index contributed by atoms with van der Waals surface area (Å²) in [7, 11) is 3.00. The highest BCUT2D eigenvalue weighted by Gasteiger charge is 2.17. The normalized spacial score (nSPS) is 10.7. The highest BCUT2D eigenvalue weighted by molar-refractivity contribution is 5.93. The average Bonchev–Trinajstić information content (AvgIpc) is 2.59. The molecule has 0 saturated carbocycles. The first kappa shape index (κ1) is 16.0. The molecule has 2 aromatic rings. The Balaban J connectivity index is 2.62. The monoisotopic (exact) mass is 310 g/mol. The van der Waals surface area contributed by atoms with Crippen LogP contribution in [-0.4, -0.2) is 19.1 Å². The largest absolute Gasteiger partial charge is 0.493 e. The van der Waals surface area contributed by atoms with Gasteiger partial charge in [0.15, 0.2) is 11.5 Å². The van der Waals surface area contributed by atoms with Crippen LogP contribution < -0.4 is 9.47 Å². The molecule has 6 nitrogen and oxygen atoms in total. The van der Waals surface area contributed by atoms with Gasteiger partial charge in [-0.1, -0.05) is 24.3 Å². The SMILES string of the molecule is COc1cccc(/C=C(/C#N)c2ccccc2[N+](=O)[O-])c1OC. The number of nitro groups is 1. The number of methoxy groups -OCH3 is 2. The van der Waals surface area contributed by atoms with Crippen LogP contribution in [0.25, 0.3) is 11.6 Å². The van der Waals surface area contributed by atoms with Crippen LogP contribution in [0.2, 0.25) is 0 Å². The van der Waals surface area contributed by atoms with E-state index in [2.05, 4.69) is 0 Å². The van der Waals surface area contributed by atoms with Gasteiger partial charge in [-0.25, -0.2) is 0 Å². The Morgan fingerprint density at radius 1 is 1.17 bits per heavy atom. The van der Waals surface area contributed by atoms with Crippen LogP contribution in [0.3, 0.4) is 0 Å². The van der Waals surface area contributed by atoms with Crippen LogP contribution in [0, 0.1) is 21.4 Å². The number of allylic oxidation sites excluding steroid dienone is 1.